The van der Waals surface area contributed by atoms with Gasteiger partial charge < -0.3 is 15.1 Å². The molecule has 0 spiro atoms. The van der Waals surface area contributed by atoms with Gasteiger partial charge in [-0.05, 0) is 44.2 Å². The van der Waals surface area contributed by atoms with Crippen LogP contribution in [0.15, 0.2) is 24.3 Å². The van der Waals surface area contributed by atoms with Crippen molar-refractivity contribution < 1.29 is 9.59 Å². The van der Waals surface area contributed by atoms with E-state index in [1.165, 1.54) is 12.8 Å². The van der Waals surface area contributed by atoms with E-state index < -0.39 is 0 Å². The molecule has 3 rings (SSSR count). The molecular weight excluding hydrogens is 374 g/mol. The SMILES string of the molecule is CC(NCC(=O)N1CCC(C(=O)N2CCCCCC2)CC1)c1ccccc1Cl. The first-order valence-corrected chi connectivity index (χ1v) is 11.0. The van der Waals surface area contributed by atoms with Gasteiger partial charge in [0, 0.05) is 43.2 Å². The van der Waals surface area contributed by atoms with Crippen LogP contribution < -0.4 is 5.32 Å². The molecule has 6 heteroatoms. The third-order valence-electron chi connectivity index (χ3n) is 6.05. The van der Waals surface area contributed by atoms with E-state index in [-0.39, 0.29) is 24.4 Å². The number of halogens is 1. The summed E-state index contributed by atoms with van der Waals surface area (Å²) in [5, 5.41) is 3.99. The molecule has 2 aliphatic heterocycles. The maximum Gasteiger partial charge on any atom is 0.236 e. The fraction of sp³-hybridized carbons (Fsp3) is 0.636. The van der Waals surface area contributed by atoms with Gasteiger partial charge in [-0.2, -0.15) is 0 Å². The van der Waals surface area contributed by atoms with Gasteiger partial charge in [0.2, 0.25) is 11.8 Å². The highest BCUT2D eigenvalue weighted by molar-refractivity contribution is 6.31. The van der Waals surface area contributed by atoms with Crippen molar-refractivity contribution in [3.8, 4) is 0 Å². The number of hydrogen-bond acceptors (Lipinski definition) is 3. The number of rotatable bonds is 5. The minimum absolute atomic E-state index is 0.0137. The molecule has 1 unspecified atom stereocenters. The van der Waals surface area contributed by atoms with Crippen molar-refractivity contribution in [3.05, 3.63) is 34.9 Å². The molecule has 0 bridgehead atoms. The van der Waals surface area contributed by atoms with Crippen LogP contribution in [-0.2, 0) is 9.59 Å². The first kappa shape index (κ1) is 21.1. The molecule has 5 nitrogen and oxygen atoms in total. The Balaban J connectivity index is 1.43. The standard InChI is InChI=1S/C22H32ClN3O2/c1-17(19-8-4-5-9-20(19)23)24-16-21(27)25-14-10-18(11-15-25)22(28)26-12-6-2-3-7-13-26/h4-5,8-9,17-18,24H,2-3,6-7,10-16H2,1H3. The zero-order valence-corrected chi connectivity index (χ0v) is 17.6. The summed E-state index contributed by atoms with van der Waals surface area (Å²) < 4.78 is 0. The number of carbonyl (C=O) groups excluding carboxylic acids is 2. The van der Waals surface area contributed by atoms with Crippen molar-refractivity contribution >= 4 is 23.4 Å². The van der Waals surface area contributed by atoms with Crippen LogP contribution in [0.3, 0.4) is 0 Å². The zero-order chi connectivity index (χ0) is 19.9. The Morgan fingerprint density at radius 2 is 1.68 bits per heavy atom. The number of nitrogens with one attached hydrogen (secondary N) is 1. The number of nitrogens with zero attached hydrogens (tertiary/aromatic N) is 2. The highest BCUT2D eigenvalue weighted by Crippen LogP contribution is 2.23. The van der Waals surface area contributed by atoms with E-state index in [1.54, 1.807) is 0 Å². The highest BCUT2D eigenvalue weighted by Gasteiger charge is 2.30. The molecule has 0 saturated carbocycles. The van der Waals surface area contributed by atoms with E-state index in [9.17, 15) is 9.59 Å². The maximum atomic E-state index is 12.8. The molecule has 28 heavy (non-hydrogen) atoms. The Morgan fingerprint density at radius 3 is 2.32 bits per heavy atom. The summed E-state index contributed by atoms with van der Waals surface area (Å²) >= 11 is 6.23. The van der Waals surface area contributed by atoms with Crippen LogP contribution in [0.1, 0.15) is 57.1 Å². The van der Waals surface area contributed by atoms with E-state index in [0.29, 0.717) is 24.0 Å². The molecule has 2 saturated heterocycles. The quantitative estimate of drug-likeness (QED) is 0.813. The van der Waals surface area contributed by atoms with Gasteiger partial charge in [-0.3, -0.25) is 9.59 Å². The van der Waals surface area contributed by atoms with E-state index in [2.05, 4.69) is 10.2 Å². The van der Waals surface area contributed by atoms with E-state index in [0.717, 1.165) is 44.3 Å². The van der Waals surface area contributed by atoms with Crippen molar-refractivity contribution in [3.63, 3.8) is 0 Å². The molecule has 0 aliphatic carbocycles. The maximum absolute atomic E-state index is 12.8. The first-order valence-electron chi connectivity index (χ1n) is 10.6. The number of carbonyl (C=O) groups is 2. The lowest BCUT2D eigenvalue weighted by atomic mass is 9.95. The number of amides is 2. The normalized spacial score (nSPS) is 19.9. The molecule has 2 aliphatic rings. The molecular formula is C22H32ClN3O2. The van der Waals surface area contributed by atoms with Gasteiger partial charge in [0.25, 0.3) is 0 Å². The van der Waals surface area contributed by atoms with Crippen LogP contribution in [0.2, 0.25) is 5.02 Å². The fourth-order valence-corrected chi connectivity index (χ4v) is 4.51. The largest absolute Gasteiger partial charge is 0.342 e. The van der Waals surface area contributed by atoms with Gasteiger partial charge in [-0.25, -0.2) is 0 Å². The molecule has 0 radical (unpaired) electrons. The Morgan fingerprint density at radius 1 is 1.04 bits per heavy atom. The van der Waals surface area contributed by atoms with Gasteiger partial charge in [0.15, 0.2) is 0 Å². The summed E-state index contributed by atoms with van der Waals surface area (Å²) in [4.78, 5) is 29.3. The minimum Gasteiger partial charge on any atom is -0.342 e. The van der Waals surface area contributed by atoms with E-state index in [4.69, 9.17) is 11.6 Å². The van der Waals surface area contributed by atoms with Crippen molar-refractivity contribution in [1.82, 2.24) is 15.1 Å². The van der Waals surface area contributed by atoms with Gasteiger partial charge in [-0.15, -0.1) is 0 Å². The molecule has 1 aromatic carbocycles. The van der Waals surface area contributed by atoms with Crippen LogP contribution in [0, 0.1) is 5.92 Å². The Labute approximate surface area is 173 Å². The Hall–Kier alpha value is -1.59. The first-order chi connectivity index (χ1) is 13.6. The monoisotopic (exact) mass is 405 g/mol. The summed E-state index contributed by atoms with van der Waals surface area (Å²) in [5.74, 6) is 0.483. The van der Waals surface area contributed by atoms with Crippen LogP contribution in [0.4, 0.5) is 0 Å². The molecule has 2 fully saturated rings. The lowest BCUT2D eigenvalue weighted by Gasteiger charge is -2.34. The van der Waals surface area contributed by atoms with Gasteiger partial charge >= 0.3 is 0 Å². The number of benzene rings is 1. The fourth-order valence-electron chi connectivity index (χ4n) is 4.21. The summed E-state index contributed by atoms with van der Waals surface area (Å²) in [5.41, 5.74) is 0.999. The van der Waals surface area contributed by atoms with Crippen LogP contribution in [0.25, 0.3) is 0 Å². The average Bonchev–Trinajstić information content (AvgIpc) is 3.01. The molecule has 0 aromatic heterocycles. The van der Waals surface area contributed by atoms with Crippen molar-refractivity contribution in [2.75, 3.05) is 32.7 Å². The lowest BCUT2D eigenvalue weighted by molar-refractivity contribution is -0.140. The highest BCUT2D eigenvalue weighted by atomic mass is 35.5. The van der Waals surface area contributed by atoms with Gasteiger partial charge in [0.1, 0.15) is 0 Å². The van der Waals surface area contributed by atoms with E-state index >= 15 is 0 Å². The molecule has 1 N–H and O–H groups in total. The number of likely N-dealkylation sites (tertiary alicyclic amines) is 2. The third kappa shape index (κ3) is 5.48. The summed E-state index contributed by atoms with van der Waals surface area (Å²) in [6, 6.07) is 7.71. The third-order valence-corrected chi connectivity index (χ3v) is 6.39. The topological polar surface area (TPSA) is 52.7 Å². The van der Waals surface area contributed by atoms with Crippen molar-refractivity contribution in [2.45, 2.75) is 51.5 Å². The Kier molecular flexibility index (Phi) is 7.74. The second-order valence-electron chi connectivity index (χ2n) is 8.02. The van der Waals surface area contributed by atoms with Crippen LogP contribution in [-0.4, -0.2) is 54.3 Å². The van der Waals surface area contributed by atoms with Gasteiger partial charge in [-0.1, -0.05) is 42.6 Å². The van der Waals surface area contributed by atoms with E-state index in [1.807, 2.05) is 36.1 Å². The van der Waals surface area contributed by atoms with Crippen LogP contribution >= 0.6 is 11.6 Å². The average molecular weight is 406 g/mol. The smallest absolute Gasteiger partial charge is 0.236 e. The summed E-state index contributed by atoms with van der Waals surface area (Å²) in [7, 11) is 0. The predicted molar refractivity (Wildman–Crippen MR) is 112 cm³/mol. The Bertz CT molecular complexity index is 666. The summed E-state index contributed by atoms with van der Waals surface area (Å²) in [6.07, 6.45) is 6.27. The van der Waals surface area contributed by atoms with Crippen molar-refractivity contribution in [2.24, 2.45) is 5.92 Å². The van der Waals surface area contributed by atoms with Crippen LogP contribution in [0.5, 0.6) is 0 Å². The molecule has 1 aromatic rings. The molecule has 1 atom stereocenters. The zero-order valence-electron chi connectivity index (χ0n) is 16.8. The second-order valence-corrected chi connectivity index (χ2v) is 8.43. The predicted octanol–water partition coefficient (Wildman–Crippen LogP) is 3.63. The minimum atomic E-state index is 0.0137. The number of hydrogen-bond donors (Lipinski definition) is 1. The molecule has 2 amide bonds. The lowest BCUT2D eigenvalue weighted by Crippen LogP contribution is -2.47. The second kappa shape index (κ2) is 10.3. The number of piperidine rings is 1. The van der Waals surface area contributed by atoms with Gasteiger partial charge in [0.05, 0.1) is 6.54 Å². The van der Waals surface area contributed by atoms with Crippen molar-refractivity contribution in [1.29, 1.82) is 0 Å². The molecule has 154 valence electrons. The summed E-state index contributed by atoms with van der Waals surface area (Å²) in [6.45, 7) is 5.46. The molecule has 2 heterocycles.